The minimum Gasteiger partial charge on any atom is -0.464 e. The summed E-state index contributed by atoms with van der Waals surface area (Å²) in [5.41, 5.74) is 0.289. The van der Waals surface area contributed by atoms with Gasteiger partial charge in [-0.2, -0.15) is 0 Å². The topological polar surface area (TPSA) is 92.3 Å². The van der Waals surface area contributed by atoms with Crippen molar-refractivity contribution in [1.82, 2.24) is 5.32 Å². The van der Waals surface area contributed by atoms with Crippen molar-refractivity contribution >= 4 is 12.1 Å². The van der Waals surface area contributed by atoms with Gasteiger partial charge in [0.05, 0.1) is 25.9 Å². The minimum absolute atomic E-state index is 0.148. The van der Waals surface area contributed by atoms with Crippen molar-refractivity contribution in [3.63, 3.8) is 0 Å². The van der Waals surface area contributed by atoms with Gasteiger partial charge in [0.2, 0.25) is 0 Å². The van der Waals surface area contributed by atoms with E-state index in [9.17, 15) is 9.59 Å². The molecule has 1 N–H and O–H groups in total. The summed E-state index contributed by atoms with van der Waals surface area (Å²) in [5.74, 6) is -1.31. The number of nitrogens with one attached hydrogen (secondary N) is 1. The van der Waals surface area contributed by atoms with Crippen LogP contribution in [0.3, 0.4) is 0 Å². The third kappa shape index (κ3) is 8.85. The molecule has 0 bridgehead atoms. The number of benzene rings is 1. The van der Waals surface area contributed by atoms with E-state index < -0.39 is 41.7 Å². The first kappa shape index (κ1) is 25.1. The van der Waals surface area contributed by atoms with Crippen molar-refractivity contribution in [2.75, 3.05) is 13.2 Å². The molecule has 0 unspecified atom stereocenters. The van der Waals surface area contributed by atoms with Crippen LogP contribution >= 0.6 is 0 Å². The Labute approximate surface area is 184 Å². The van der Waals surface area contributed by atoms with Gasteiger partial charge in [0.15, 0.2) is 5.79 Å². The zero-order valence-electron chi connectivity index (χ0n) is 19.3. The number of ether oxygens (including phenoxy) is 5. The van der Waals surface area contributed by atoms with Crippen LogP contribution in [0.4, 0.5) is 4.79 Å². The maximum Gasteiger partial charge on any atom is 0.408 e. The van der Waals surface area contributed by atoms with Crippen LogP contribution in [0.15, 0.2) is 30.3 Å². The maximum absolute atomic E-state index is 12.6. The van der Waals surface area contributed by atoms with Gasteiger partial charge < -0.3 is 29.0 Å². The van der Waals surface area contributed by atoms with Crippen molar-refractivity contribution in [2.45, 2.75) is 84.2 Å². The van der Waals surface area contributed by atoms with Gasteiger partial charge in [0.1, 0.15) is 17.7 Å². The van der Waals surface area contributed by atoms with Crippen LogP contribution in [0.1, 0.15) is 53.5 Å². The normalized spacial score (nSPS) is 20.0. The zero-order valence-corrected chi connectivity index (χ0v) is 19.3. The lowest BCUT2D eigenvalue weighted by Crippen LogP contribution is -2.48. The largest absolute Gasteiger partial charge is 0.464 e. The second kappa shape index (κ2) is 10.9. The van der Waals surface area contributed by atoms with Crippen LogP contribution in [0.2, 0.25) is 0 Å². The lowest BCUT2D eigenvalue weighted by molar-refractivity contribution is -0.162. The van der Waals surface area contributed by atoms with E-state index in [1.54, 1.807) is 27.7 Å². The molecule has 0 aliphatic carbocycles. The molecule has 1 fully saturated rings. The summed E-state index contributed by atoms with van der Waals surface area (Å²) in [7, 11) is 0. The van der Waals surface area contributed by atoms with Crippen LogP contribution in [0, 0.1) is 0 Å². The predicted octanol–water partition coefficient (Wildman–Crippen LogP) is 3.57. The van der Waals surface area contributed by atoms with E-state index in [2.05, 4.69) is 5.32 Å². The number of alkyl carbamates (subject to hydrolysis) is 1. The molecule has 174 valence electrons. The van der Waals surface area contributed by atoms with Gasteiger partial charge >= 0.3 is 12.1 Å². The van der Waals surface area contributed by atoms with E-state index in [0.717, 1.165) is 5.56 Å². The first-order chi connectivity index (χ1) is 14.5. The zero-order chi connectivity index (χ0) is 23.1. The average Bonchev–Trinajstić information content (AvgIpc) is 3.03. The molecule has 0 spiro atoms. The molecular weight excluding hydrogens is 402 g/mol. The van der Waals surface area contributed by atoms with Gasteiger partial charge in [0, 0.05) is 6.42 Å². The Kier molecular flexibility index (Phi) is 8.85. The number of amides is 1. The second-order valence-corrected chi connectivity index (χ2v) is 8.89. The lowest BCUT2D eigenvalue weighted by atomic mass is 10.0. The molecule has 1 aromatic rings. The Hall–Kier alpha value is -2.16. The fraction of sp³-hybridized carbons (Fsp3) is 0.652. The summed E-state index contributed by atoms with van der Waals surface area (Å²) in [6, 6.07) is 8.74. The molecule has 0 radical (unpaired) electrons. The van der Waals surface area contributed by atoms with Crippen LogP contribution in [0.25, 0.3) is 0 Å². The molecule has 1 aliphatic rings. The maximum atomic E-state index is 12.6. The Balaban J connectivity index is 2.15. The molecule has 31 heavy (non-hydrogen) atoms. The third-order valence-electron chi connectivity index (χ3n) is 4.48. The molecule has 1 saturated heterocycles. The number of hydrogen-bond acceptors (Lipinski definition) is 7. The van der Waals surface area contributed by atoms with E-state index in [0.29, 0.717) is 13.2 Å². The second-order valence-electron chi connectivity index (χ2n) is 8.89. The van der Waals surface area contributed by atoms with Gasteiger partial charge in [-0.25, -0.2) is 9.59 Å². The van der Waals surface area contributed by atoms with Crippen LogP contribution in [0.5, 0.6) is 0 Å². The molecule has 0 aromatic heterocycles. The van der Waals surface area contributed by atoms with Crippen LogP contribution in [-0.2, 0) is 35.1 Å². The first-order valence-corrected chi connectivity index (χ1v) is 10.6. The highest BCUT2D eigenvalue weighted by atomic mass is 16.7. The Bertz CT molecular complexity index is 714. The van der Waals surface area contributed by atoms with E-state index in [4.69, 9.17) is 23.7 Å². The van der Waals surface area contributed by atoms with Gasteiger partial charge in [-0.1, -0.05) is 30.3 Å². The highest BCUT2D eigenvalue weighted by Crippen LogP contribution is 2.28. The highest BCUT2D eigenvalue weighted by Gasteiger charge is 2.40. The first-order valence-electron chi connectivity index (χ1n) is 10.6. The van der Waals surface area contributed by atoms with E-state index in [1.165, 1.54) is 0 Å². The molecule has 1 aromatic carbocycles. The number of esters is 1. The molecule has 0 saturated carbocycles. The standard InChI is InChI=1S/C23H35NO7/c1-7-27-20(25)17(24-21(26)31-22(2,3)4)13-18(19-15-29-23(5,6)30-19)28-14-16-11-9-8-10-12-16/h8-12,17-19H,7,13-15H2,1-6H3,(H,24,26)/t17-,18+,19+/m1/s1. The van der Waals surface area contributed by atoms with Gasteiger partial charge in [-0.3, -0.25) is 0 Å². The molecule has 8 nitrogen and oxygen atoms in total. The molecule has 1 amide bonds. The van der Waals surface area contributed by atoms with Gasteiger partial charge in [-0.05, 0) is 47.1 Å². The summed E-state index contributed by atoms with van der Waals surface area (Å²) < 4.78 is 28.3. The Morgan fingerprint density at radius 2 is 1.90 bits per heavy atom. The van der Waals surface area contributed by atoms with Crippen LogP contribution in [-0.4, -0.2) is 54.9 Å². The minimum atomic E-state index is -0.956. The molecule has 1 aliphatic heterocycles. The smallest absolute Gasteiger partial charge is 0.408 e. The van der Waals surface area contributed by atoms with Crippen molar-refractivity contribution < 1.29 is 33.3 Å². The number of rotatable bonds is 9. The van der Waals surface area contributed by atoms with E-state index in [-0.39, 0.29) is 13.0 Å². The summed E-state index contributed by atoms with van der Waals surface area (Å²) >= 11 is 0. The molecule has 1 heterocycles. The molecule has 3 atom stereocenters. The monoisotopic (exact) mass is 437 g/mol. The van der Waals surface area contributed by atoms with Gasteiger partial charge in [0.25, 0.3) is 0 Å². The lowest BCUT2D eigenvalue weighted by Gasteiger charge is -2.28. The summed E-state index contributed by atoms with van der Waals surface area (Å²) in [5, 5.41) is 2.62. The van der Waals surface area contributed by atoms with Crippen molar-refractivity contribution in [2.24, 2.45) is 0 Å². The Morgan fingerprint density at radius 3 is 2.45 bits per heavy atom. The number of carbonyl (C=O) groups excluding carboxylic acids is 2. The average molecular weight is 438 g/mol. The summed E-state index contributed by atoms with van der Waals surface area (Å²) in [4.78, 5) is 24.9. The molecular formula is C23H35NO7. The molecule has 2 rings (SSSR count). The predicted molar refractivity (Wildman–Crippen MR) is 114 cm³/mol. The van der Waals surface area contributed by atoms with Crippen molar-refractivity contribution in [3.05, 3.63) is 35.9 Å². The summed E-state index contributed by atoms with van der Waals surface area (Å²) in [6.45, 7) is 11.4. The SMILES string of the molecule is CCOC(=O)[C@@H](C[C@H](OCc1ccccc1)[C@@H]1COC(C)(C)O1)NC(=O)OC(C)(C)C. The van der Waals surface area contributed by atoms with Crippen molar-refractivity contribution in [3.8, 4) is 0 Å². The Morgan fingerprint density at radius 1 is 1.23 bits per heavy atom. The fourth-order valence-corrected chi connectivity index (χ4v) is 3.14. The van der Waals surface area contributed by atoms with E-state index in [1.807, 2.05) is 44.2 Å². The summed E-state index contributed by atoms with van der Waals surface area (Å²) in [6.07, 6.45) is -1.48. The quantitative estimate of drug-likeness (QED) is 0.591. The highest BCUT2D eigenvalue weighted by molar-refractivity contribution is 5.81. The van der Waals surface area contributed by atoms with Crippen LogP contribution < -0.4 is 5.32 Å². The molecule has 8 heteroatoms. The fourth-order valence-electron chi connectivity index (χ4n) is 3.14. The third-order valence-corrected chi connectivity index (χ3v) is 4.48. The number of hydrogen-bond donors (Lipinski definition) is 1. The van der Waals surface area contributed by atoms with Crippen molar-refractivity contribution in [1.29, 1.82) is 0 Å². The van der Waals surface area contributed by atoms with E-state index >= 15 is 0 Å². The number of carbonyl (C=O) groups is 2. The van der Waals surface area contributed by atoms with Gasteiger partial charge in [-0.15, -0.1) is 0 Å².